The van der Waals surface area contributed by atoms with Crippen LogP contribution in [-0.2, 0) is 26.0 Å². The number of likely N-dealkylation sites (tertiary alicyclic amines) is 1. The van der Waals surface area contributed by atoms with Gasteiger partial charge >= 0.3 is 0 Å². The van der Waals surface area contributed by atoms with Crippen molar-refractivity contribution in [3.05, 3.63) is 29.8 Å². The van der Waals surface area contributed by atoms with Crippen LogP contribution in [0.2, 0.25) is 0 Å². The SMILES string of the molecule is COC1(C)CN(Cc2ccc(S(=O)(=O)N3CCOCC3)cc2)C1. The fraction of sp³-hybridized carbons (Fsp3) is 0.625. The lowest BCUT2D eigenvalue weighted by Gasteiger charge is -2.47. The van der Waals surface area contributed by atoms with Gasteiger partial charge in [-0.25, -0.2) is 8.42 Å². The number of sulfonamides is 1. The van der Waals surface area contributed by atoms with Crippen LogP contribution in [0.15, 0.2) is 29.2 Å². The van der Waals surface area contributed by atoms with Gasteiger partial charge in [-0.3, -0.25) is 4.90 Å². The number of morpholine rings is 1. The van der Waals surface area contributed by atoms with E-state index < -0.39 is 10.0 Å². The summed E-state index contributed by atoms with van der Waals surface area (Å²) in [5, 5.41) is 0. The van der Waals surface area contributed by atoms with Crippen LogP contribution in [0.25, 0.3) is 0 Å². The molecule has 0 saturated carbocycles. The molecule has 3 rings (SSSR count). The van der Waals surface area contributed by atoms with Crippen molar-refractivity contribution < 1.29 is 17.9 Å². The summed E-state index contributed by atoms with van der Waals surface area (Å²) in [4.78, 5) is 2.64. The molecule has 2 aliphatic heterocycles. The van der Waals surface area contributed by atoms with Crippen molar-refractivity contribution in [1.29, 1.82) is 0 Å². The fourth-order valence-electron chi connectivity index (χ4n) is 3.10. The lowest BCUT2D eigenvalue weighted by molar-refractivity contribution is -0.114. The van der Waals surface area contributed by atoms with Crippen molar-refractivity contribution in [3.63, 3.8) is 0 Å². The van der Waals surface area contributed by atoms with Crippen LogP contribution in [0.1, 0.15) is 12.5 Å². The standard InChI is InChI=1S/C16H24N2O4S/c1-16(21-2)12-17(13-16)11-14-3-5-15(6-4-14)23(19,20)18-7-9-22-10-8-18/h3-6H,7-13H2,1-2H3. The summed E-state index contributed by atoms with van der Waals surface area (Å²) >= 11 is 0. The van der Waals surface area contributed by atoms with Crippen LogP contribution in [0.5, 0.6) is 0 Å². The van der Waals surface area contributed by atoms with Gasteiger partial charge in [0.1, 0.15) is 0 Å². The van der Waals surface area contributed by atoms with E-state index in [1.807, 2.05) is 12.1 Å². The molecule has 23 heavy (non-hydrogen) atoms. The summed E-state index contributed by atoms with van der Waals surface area (Å²) in [7, 11) is -1.66. The van der Waals surface area contributed by atoms with Crippen molar-refractivity contribution in [3.8, 4) is 0 Å². The molecule has 0 spiro atoms. The third kappa shape index (κ3) is 3.59. The quantitative estimate of drug-likeness (QED) is 0.798. The second kappa shape index (κ2) is 6.49. The Hall–Kier alpha value is -0.990. The molecule has 1 aromatic carbocycles. The maximum Gasteiger partial charge on any atom is 0.243 e. The van der Waals surface area contributed by atoms with Crippen molar-refractivity contribution in [2.45, 2.75) is 24.0 Å². The van der Waals surface area contributed by atoms with Gasteiger partial charge in [-0.15, -0.1) is 0 Å². The van der Waals surface area contributed by atoms with Gasteiger partial charge in [0.2, 0.25) is 10.0 Å². The highest BCUT2D eigenvalue weighted by molar-refractivity contribution is 7.89. The molecule has 128 valence electrons. The Bertz CT molecular complexity index is 633. The fourth-order valence-corrected chi connectivity index (χ4v) is 4.51. The number of ether oxygens (including phenoxy) is 2. The van der Waals surface area contributed by atoms with Crippen LogP contribution in [0.3, 0.4) is 0 Å². The van der Waals surface area contributed by atoms with Crippen molar-refractivity contribution >= 4 is 10.0 Å². The Balaban J connectivity index is 1.63. The lowest BCUT2D eigenvalue weighted by atomic mass is 9.96. The number of hydrogen-bond acceptors (Lipinski definition) is 5. The highest BCUT2D eigenvalue weighted by Crippen LogP contribution is 2.26. The minimum atomic E-state index is -3.40. The van der Waals surface area contributed by atoms with Gasteiger partial charge in [0, 0.05) is 39.8 Å². The van der Waals surface area contributed by atoms with E-state index in [0.29, 0.717) is 31.2 Å². The molecule has 0 bridgehead atoms. The molecule has 0 N–H and O–H groups in total. The predicted octanol–water partition coefficient (Wildman–Crippen LogP) is 0.928. The van der Waals surface area contributed by atoms with Crippen LogP contribution >= 0.6 is 0 Å². The topological polar surface area (TPSA) is 59.1 Å². The molecule has 0 radical (unpaired) electrons. The maximum absolute atomic E-state index is 12.6. The Labute approximate surface area is 138 Å². The van der Waals surface area contributed by atoms with E-state index in [0.717, 1.165) is 25.2 Å². The number of methoxy groups -OCH3 is 1. The smallest absolute Gasteiger partial charge is 0.243 e. The molecular formula is C16H24N2O4S. The van der Waals surface area contributed by atoms with Crippen molar-refractivity contribution in [2.75, 3.05) is 46.5 Å². The zero-order chi connectivity index (χ0) is 16.5. The molecule has 0 amide bonds. The second-order valence-electron chi connectivity index (χ2n) is 6.46. The normalized spacial score (nSPS) is 22.7. The first-order valence-corrected chi connectivity index (χ1v) is 9.31. The van der Waals surface area contributed by atoms with Crippen LogP contribution in [0, 0.1) is 0 Å². The van der Waals surface area contributed by atoms with E-state index in [1.165, 1.54) is 4.31 Å². The Morgan fingerprint density at radius 2 is 1.78 bits per heavy atom. The second-order valence-corrected chi connectivity index (χ2v) is 8.40. The van der Waals surface area contributed by atoms with Crippen LogP contribution in [-0.4, -0.2) is 69.7 Å². The number of rotatable bonds is 5. The summed E-state index contributed by atoms with van der Waals surface area (Å²) < 4.78 is 37.3. The lowest BCUT2D eigenvalue weighted by Crippen LogP contribution is -2.60. The average molecular weight is 340 g/mol. The van der Waals surface area contributed by atoms with Crippen LogP contribution < -0.4 is 0 Å². The molecule has 0 aromatic heterocycles. The zero-order valence-electron chi connectivity index (χ0n) is 13.7. The monoisotopic (exact) mass is 340 g/mol. The summed E-state index contributed by atoms with van der Waals surface area (Å²) in [5.74, 6) is 0. The van der Waals surface area contributed by atoms with E-state index in [1.54, 1.807) is 19.2 Å². The van der Waals surface area contributed by atoms with Crippen molar-refractivity contribution in [2.24, 2.45) is 0 Å². The Morgan fingerprint density at radius 3 is 2.35 bits per heavy atom. The summed E-state index contributed by atoms with van der Waals surface area (Å²) in [6.45, 7) is 6.49. The van der Waals surface area contributed by atoms with Crippen LogP contribution in [0.4, 0.5) is 0 Å². The molecule has 2 saturated heterocycles. The molecule has 7 heteroatoms. The highest BCUT2D eigenvalue weighted by atomic mass is 32.2. The minimum absolute atomic E-state index is 0.0421. The third-order valence-electron chi connectivity index (χ3n) is 4.55. The zero-order valence-corrected chi connectivity index (χ0v) is 14.5. The maximum atomic E-state index is 12.6. The molecule has 2 heterocycles. The molecule has 0 unspecified atom stereocenters. The Morgan fingerprint density at radius 1 is 1.17 bits per heavy atom. The highest BCUT2D eigenvalue weighted by Gasteiger charge is 2.38. The molecule has 1 aromatic rings. The summed E-state index contributed by atoms with van der Waals surface area (Å²) in [6, 6.07) is 7.20. The van der Waals surface area contributed by atoms with Gasteiger partial charge < -0.3 is 9.47 Å². The first kappa shape index (κ1) is 16.9. The van der Waals surface area contributed by atoms with E-state index in [4.69, 9.17) is 9.47 Å². The van der Waals surface area contributed by atoms with Gasteiger partial charge in [0.05, 0.1) is 23.7 Å². The predicted molar refractivity (Wildman–Crippen MR) is 86.7 cm³/mol. The van der Waals surface area contributed by atoms with E-state index in [2.05, 4.69) is 11.8 Å². The molecule has 0 atom stereocenters. The number of nitrogens with zero attached hydrogens (tertiary/aromatic N) is 2. The van der Waals surface area contributed by atoms with Gasteiger partial charge in [-0.1, -0.05) is 12.1 Å². The van der Waals surface area contributed by atoms with Gasteiger partial charge in [-0.05, 0) is 24.6 Å². The number of benzene rings is 1. The van der Waals surface area contributed by atoms with Gasteiger partial charge in [0.15, 0.2) is 0 Å². The minimum Gasteiger partial charge on any atom is -0.379 e. The Kier molecular flexibility index (Phi) is 4.75. The first-order chi connectivity index (χ1) is 10.9. The van der Waals surface area contributed by atoms with E-state index in [-0.39, 0.29) is 5.60 Å². The van der Waals surface area contributed by atoms with E-state index >= 15 is 0 Å². The number of hydrogen-bond donors (Lipinski definition) is 0. The largest absolute Gasteiger partial charge is 0.379 e. The molecule has 2 aliphatic rings. The summed E-state index contributed by atoms with van der Waals surface area (Å²) in [5.41, 5.74) is 1.07. The van der Waals surface area contributed by atoms with Crippen molar-refractivity contribution in [1.82, 2.24) is 9.21 Å². The molecular weight excluding hydrogens is 316 g/mol. The van der Waals surface area contributed by atoms with E-state index in [9.17, 15) is 8.42 Å². The molecule has 2 fully saturated rings. The van der Waals surface area contributed by atoms with Gasteiger partial charge in [-0.2, -0.15) is 4.31 Å². The third-order valence-corrected chi connectivity index (χ3v) is 6.46. The van der Waals surface area contributed by atoms with Gasteiger partial charge in [0.25, 0.3) is 0 Å². The molecule has 0 aliphatic carbocycles. The molecule has 6 nitrogen and oxygen atoms in total. The first-order valence-electron chi connectivity index (χ1n) is 7.87. The summed E-state index contributed by atoms with van der Waals surface area (Å²) in [6.07, 6.45) is 0. The average Bonchev–Trinajstić information content (AvgIpc) is 2.54.